The summed E-state index contributed by atoms with van der Waals surface area (Å²) in [5, 5.41) is 3.18. The maximum atomic E-state index is 11.6. The van der Waals surface area contributed by atoms with E-state index in [1.165, 1.54) is 0 Å². The Hall–Kier alpha value is -1.23. The predicted molar refractivity (Wildman–Crippen MR) is 77.5 cm³/mol. The normalized spacial score (nSPS) is 11.4. The van der Waals surface area contributed by atoms with E-state index < -0.39 is 9.84 Å². The number of nitrogen functional groups attached to an aromatic ring is 1. The molecule has 0 unspecified atom stereocenters. The SMILES string of the molecule is CCCCS(=O)(=O)CCCNc1ccc(N)cc1. The van der Waals surface area contributed by atoms with Crippen molar-refractivity contribution < 1.29 is 8.42 Å². The third kappa shape index (κ3) is 5.91. The van der Waals surface area contributed by atoms with E-state index in [9.17, 15) is 8.42 Å². The van der Waals surface area contributed by atoms with Crippen LogP contribution in [0.25, 0.3) is 0 Å². The number of hydrogen-bond donors (Lipinski definition) is 2. The number of benzene rings is 1. The first-order valence-electron chi connectivity index (χ1n) is 6.33. The monoisotopic (exact) mass is 270 g/mol. The average molecular weight is 270 g/mol. The van der Waals surface area contributed by atoms with E-state index in [1.54, 1.807) is 0 Å². The van der Waals surface area contributed by atoms with Gasteiger partial charge in [-0.2, -0.15) is 0 Å². The lowest BCUT2D eigenvalue weighted by Gasteiger charge is -2.07. The molecule has 4 nitrogen and oxygen atoms in total. The van der Waals surface area contributed by atoms with Gasteiger partial charge in [-0.1, -0.05) is 13.3 Å². The standard InChI is InChI=1S/C13H22N2O2S/c1-2-3-10-18(16,17)11-4-9-15-13-7-5-12(14)6-8-13/h5-8,15H,2-4,9-11,14H2,1H3. The summed E-state index contributed by atoms with van der Waals surface area (Å²) in [4.78, 5) is 0. The van der Waals surface area contributed by atoms with Gasteiger partial charge in [0.05, 0.1) is 11.5 Å². The van der Waals surface area contributed by atoms with E-state index in [-0.39, 0.29) is 5.75 Å². The molecule has 1 aromatic carbocycles. The number of anilines is 2. The van der Waals surface area contributed by atoms with Crippen LogP contribution in [0.15, 0.2) is 24.3 Å². The summed E-state index contributed by atoms with van der Waals surface area (Å²) >= 11 is 0. The van der Waals surface area contributed by atoms with Gasteiger partial charge in [0.1, 0.15) is 9.84 Å². The van der Waals surface area contributed by atoms with Gasteiger partial charge in [0.15, 0.2) is 0 Å². The Balaban J connectivity index is 2.24. The number of hydrogen-bond acceptors (Lipinski definition) is 4. The summed E-state index contributed by atoms with van der Waals surface area (Å²) in [5.74, 6) is 0.570. The zero-order chi connectivity index (χ0) is 13.4. The lowest BCUT2D eigenvalue weighted by Crippen LogP contribution is -2.14. The van der Waals surface area contributed by atoms with Gasteiger partial charge in [-0.05, 0) is 37.1 Å². The van der Waals surface area contributed by atoms with Gasteiger partial charge in [-0.15, -0.1) is 0 Å². The summed E-state index contributed by atoms with van der Waals surface area (Å²) in [6.45, 7) is 2.66. The third-order valence-electron chi connectivity index (χ3n) is 2.68. The minimum absolute atomic E-state index is 0.259. The average Bonchev–Trinajstić information content (AvgIpc) is 2.34. The first-order valence-corrected chi connectivity index (χ1v) is 8.15. The Bertz CT molecular complexity index is 441. The second kappa shape index (κ2) is 7.26. The van der Waals surface area contributed by atoms with Gasteiger partial charge in [-0.3, -0.25) is 0 Å². The molecule has 0 bridgehead atoms. The van der Waals surface area contributed by atoms with E-state index in [2.05, 4.69) is 5.32 Å². The molecule has 0 spiro atoms. The minimum Gasteiger partial charge on any atom is -0.399 e. The highest BCUT2D eigenvalue weighted by Gasteiger charge is 2.08. The molecule has 0 heterocycles. The first kappa shape index (κ1) is 14.8. The largest absolute Gasteiger partial charge is 0.399 e. The molecule has 1 rings (SSSR count). The third-order valence-corrected chi connectivity index (χ3v) is 4.50. The van der Waals surface area contributed by atoms with E-state index in [0.29, 0.717) is 18.7 Å². The van der Waals surface area contributed by atoms with Crippen LogP contribution in [0.2, 0.25) is 0 Å². The Morgan fingerprint density at radius 1 is 1.11 bits per heavy atom. The Morgan fingerprint density at radius 2 is 1.72 bits per heavy atom. The van der Waals surface area contributed by atoms with Gasteiger partial charge < -0.3 is 11.1 Å². The topological polar surface area (TPSA) is 72.2 Å². The number of sulfone groups is 1. The molecule has 18 heavy (non-hydrogen) atoms. The fourth-order valence-electron chi connectivity index (χ4n) is 1.59. The van der Waals surface area contributed by atoms with Crippen LogP contribution in [-0.4, -0.2) is 26.5 Å². The molecule has 1 aromatic rings. The highest BCUT2D eigenvalue weighted by Crippen LogP contribution is 2.10. The second-order valence-corrected chi connectivity index (χ2v) is 6.71. The highest BCUT2D eigenvalue weighted by molar-refractivity contribution is 7.91. The lowest BCUT2D eigenvalue weighted by molar-refractivity contribution is 0.590. The molecule has 3 N–H and O–H groups in total. The predicted octanol–water partition coefficient (Wildman–Crippen LogP) is 2.29. The van der Waals surface area contributed by atoms with Crippen molar-refractivity contribution in [3.63, 3.8) is 0 Å². The first-order chi connectivity index (χ1) is 8.53. The van der Waals surface area contributed by atoms with E-state index >= 15 is 0 Å². The van der Waals surface area contributed by atoms with Crippen LogP contribution in [0.5, 0.6) is 0 Å². The summed E-state index contributed by atoms with van der Waals surface area (Å²) in [5.41, 5.74) is 7.27. The summed E-state index contributed by atoms with van der Waals surface area (Å²) in [6, 6.07) is 7.42. The van der Waals surface area contributed by atoms with Crippen LogP contribution in [-0.2, 0) is 9.84 Å². The van der Waals surface area contributed by atoms with Crippen LogP contribution in [0.1, 0.15) is 26.2 Å². The van der Waals surface area contributed by atoms with Crippen molar-refractivity contribution in [3.8, 4) is 0 Å². The van der Waals surface area contributed by atoms with Crippen LogP contribution < -0.4 is 11.1 Å². The van der Waals surface area contributed by atoms with Crippen molar-refractivity contribution in [3.05, 3.63) is 24.3 Å². The maximum absolute atomic E-state index is 11.6. The van der Waals surface area contributed by atoms with Crippen LogP contribution in [0.4, 0.5) is 11.4 Å². The second-order valence-electron chi connectivity index (χ2n) is 4.41. The van der Waals surface area contributed by atoms with Crippen molar-refractivity contribution in [2.24, 2.45) is 0 Å². The van der Waals surface area contributed by atoms with Gasteiger partial charge in [-0.25, -0.2) is 8.42 Å². The Labute approximate surface area is 110 Å². The number of nitrogens with two attached hydrogens (primary N) is 1. The van der Waals surface area contributed by atoms with Crippen molar-refractivity contribution in [1.29, 1.82) is 0 Å². The quantitative estimate of drug-likeness (QED) is 0.561. The fourth-order valence-corrected chi connectivity index (χ4v) is 3.11. The van der Waals surface area contributed by atoms with E-state index in [1.807, 2.05) is 31.2 Å². The van der Waals surface area contributed by atoms with Crippen LogP contribution in [0, 0.1) is 0 Å². The highest BCUT2D eigenvalue weighted by atomic mass is 32.2. The number of unbranched alkanes of at least 4 members (excludes halogenated alkanes) is 1. The maximum Gasteiger partial charge on any atom is 0.150 e. The molecule has 0 atom stereocenters. The molecule has 0 aliphatic heterocycles. The zero-order valence-corrected chi connectivity index (χ0v) is 11.7. The van der Waals surface area contributed by atoms with Gasteiger partial charge in [0.2, 0.25) is 0 Å². The molecule has 102 valence electrons. The fraction of sp³-hybridized carbons (Fsp3) is 0.538. The number of rotatable bonds is 8. The molecule has 0 aromatic heterocycles. The summed E-state index contributed by atoms with van der Waals surface area (Å²) in [7, 11) is -2.86. The van der Waals surface area contributed by atoms with Crippen LogP contribution >= 0.6 is 0 Å². The Morgan fingerprint density at radius 3 is 2.33 bits per heavy atom. The van der Waals surface area contributed by atoms with Crippen molar-refractivity contribution in [1.82, 2.24) is 0 Å². The van der Waals surface area contributed by atoms with Crippen molar-refractivity contribution in [2.45, 2.75) is 26.2 Å². The molecule has 0 aliphatic carbocycles. The molecule has 0 aliphatic rings. The molecular weight excluding hydrogens is 248 g/mol. The molecule has 0 saturated heterocycles. The van der Waals surface area contributed by atoms with Gasteiger partial charge in [0.25, 0.3) is 0 Å². The van der Waals surface area contributed by atoms with E-state index in [4.69, 9.17) is 5.73 Å². The summed E-state index contributed by atoms with van der Waals surface area (Å²) < 4.78 is 23.2. The molecule has 0 fully saturated rings. The lowest BCUT2D eigenvalue weighted by atomic mass is 10.3. The van der Waals surface area contributed by atoms with Crippen LogP contribution in [0.3, 0.4) is 0 Å². The van der Waals surface area contributed by atoms with Gasteiger partial charge in [0, 0.05) is 17.9 Å². The van der Waals surface area contributed by atoms with Crippen molar-refractivity contribution >= 4 is 21.2 Å². The molecule has 0 saturated carbocycles. The Kier molecular flexibility index (Phi) is 5.98. The smallest absolute Gasteiger partial charge is 0.150 e. The molecular formula is C13H22N2O2S. The molecule has 0 amide bonds. The van der Waals surface area contributed by atoms with Crippen molar-refractivity contribution in [2.75, 3.05) is 29.1 Å². The molecule has 0 radical (unpaired) electrons. The minimum atomic E-state index is -2.86. The van der Waals surface area contributed by atoms with E-state index in [0.717, 1.165) is 24.2 Å². The number of nitrogens with one attached hydrogen (secondary N) is 1. The molecule has 5 heteroatoms. The van der Waals surface area contributed by atoms with Gasteiger partial charge >= 0.3 is 0 Å². The summed E-state index contributed by atoms with van der Waals surface area (Å²) in [6.07, 6.45) is 2.31. The zero-order valence-electron chi connectivity index (χ0n) is 10.9.